The Labute approximate surface area is 139 Å². The van der Waals surface area contributed by atoms with Crippen LogP contribution in [0.1, 0.15) is 28.5 Å². The predicted octanol–water partition coefficient (Wildman–Crippen LogP) is 3.70. The molecule has 23 heavy (non-hydrogen) atoms. The summed E-state index contributed by atoms with van der Waals surface area (Å²) in [5, 5.41) is 0. The van der Waals surface area contributed by atoms with E-state index in [1.54, 1.807) is 21.7 Å². The molecule has 0 aliphatic carbocycles. The lowest BCUT2D eigenvalue weighted by molar-refractivity contribution is 0.0743. The summed E-state index contributed by atoms with van der Waals surface area (Å²) in [5.74, 6) is 0.0282. The normalized spacial score (nSPS) is 12.3. The predicted molar refractivity (Wildman–Crippen MR) is 93.9 cm³/mol. The van der Waals surface area contributed by atoms with Gasteiger partial charge in [-0.15, -0.1) is 11.3 Å². The molecule has 2 aromatic heterocycles. The van der Waals surface area contributed by atoms with Gasteiger partial charge in [0.2, 0.25) is 0 Å². The summed E-state index contributed by atoms with van der Waals surface area (Å²) in [4.78, 5) is 23.1. The van der Waals surface area contributed by atoms with Crippen LogP contribution >= 0.6 is 11.3 Å². The molecule has 0 N–H and O–H groups in total. The fourth-order valence-corrected chi connectivity index (χ4v) is 3.26. The van der Waals surface area contributed by atoms with Crippen molar-refractivity contribution in [2.75, 3.05) is 7.05 Å². The number of thiazole rings is 1. The molecule has 1 atom stereocenters. The van der Waals surface area contributed by atoms with Gasteiger partial charge in [0.15, 0.2) is 0 Å². The summed E-state index contributed by atoms with van der Waals surface area (Å²) in [6, 6.07) is 9.79. The number of fused-ring (bicyclic) bond motifs is 1. The maximum Gasteiger partial charge on any atom is 0.253 e. The Hall–Kier alpha value is -2.27. The van der Waals surface area contributed by atoms with E-state index >= 15 is 0 Å². The van der Waals surface area contributed by atoms with Crippen molar-refractivity contribution >= 4 is 27.5 Å². The minimum absolute atomic E-state index is 0.0282. The standard InChI is InChI=1S/C18H19N3OS/c1-12-6-7-19-15(8-12)9-13(2)21(3)18(22)14-4-5-16-17(10-14)23-11-20-16/h4-8,10-11,13H,9H2,1-3H3/t13-/m0/s1. The molecule has 0 aliphatic heterocycles. The molecule has 0 unspecified atom stereocenters. The number of likely N-dealkylation sites (N-methyl/N-ethyl adjacent to an activating group) is 1. The van der Waals surface area contributed by atoms with Gasteiger partial charge in [0, 0.05) is 37.0 Å². The highest BCUT2D eigenvalue weighted by Crippen LogP contribution is 2.20. The van der Waals surface area contributed by atoms with Gasteiger partial charge in [0.25, 0.3) is 5.91 Å². The molecule has 1 amide bonds. The number of aryl methyl sites for hydroxylation is 1. The summed E-state index contributed by atoms with van der Waals surface area (Å²) in [6.07, 6.45) is 2.56. The Kier molecular flexibility index (Phi) is 4.39. The summed E-state index contributed by atoms with van der Waals surface area (Å²) in [5.41, 5.74) is 5.63. The quantitative estimate of drug-likeness (QED) is 0.735. The lowest BCUT2D eigenvalue weighted by Crippen LogP contribution is -2.36. The zero-order valence-corrected chi connectivity index (χ0v) is 14.3. The van der Waals surface area contributed by atoms with Crippen molar-refractivity contribution in [2.45, 2.75) is 26.3 Å². The molecule has 3 rings (SSSR count). The lowest BCUT2D eigenvalue weighted by Gasteiger charge is -2.25. The number of hydrogen-bond donors (Lipinski definition) is 0. The van der Waals surface area contributed by atoms with Gasteiger partial charge in [-0.2, -0.15) is 0 Å². The summed E-state index contributed by atoms with van der Waals surface area (Å²) in [7, 11) is 1.85. The number of benzene rings is 1. The van der Waals surface area contributed by atoms with Gasteiger partial charge < -0.3 is 4.90 Å². The zero-order chi connectivity index (χ0) is 16.4. The summed E-state index contributed by atoms with van der Waals surface area (Å²) >= 11 is 1.55. The Morgan fingerprint density at radius 3 is 2.87 bits per heavy atom. The van der Waals surface area contributed by atoms with E-state index in [0.717, 1.165) is 22.3 Å². The number of carbonyl (C=O) groups is 1. The largest absolute Gasteiger partial charge is 0.339 e. The lowest BCUT2D eigenvalue weighted by atomic mass is 10.1. The molecule has 118 valence electrons. The van der Waals surface area contributed by atoms with Gasteiger partial charge in [-0.05, 0) is 49.7 Å². The third-order valence-corrected chi connectivity index (χ3v) is 4.83. The second kappa shape index (κ2) is 6.46. The molecule has 0 saturated heterocycles. The fraction of sp³-hybridized carbons (Fsp3) is 0.278. The number of pyridine rings is 1. The van der Waals surface area contributed by atoms with Crippen LogP contribution in [0, 0.1) is 6.92 Å². The smallest absolute Gasteiger partial charge is 0.253 e. The van der Waals surface area contributed by atoms with Crippen molar-refractivity contribution in [3.05, 3.63) is 58.9 Å². The summed E-state index contributed by atoms with van der Waals surface area (Å²) < 4.78 is 1.04. The molecule has 2 heterocycles. The minimum Gasteiger partial charge on any atom is -0.339 e. The monoisotopic (exact) mass is 325 g/mol. The molecule has 1 aromatic carbocycles. The highest BCUT2D eigenvalue weighted by atomic mass is 32.1. The number of nitrogens with zero attached hydrogens (tertiary/aromatic N) is 3. The van der Waals surface area contributed by atoms with E-state index in [4.69, 9.17) is 0 Å². The van der Waals surface area contributed by atoms with Gasteiger partial charge in [-0.1, -0.05) is 0 Å². The molecule has 0 saturated carbocycles. The van der Waals surface area contributed by atoms with Gasteiger partial charge in [0.05, 0.1) is 15.7 Å². The maximum absolute atomic E-state index is 12.7. The average molecular weight is 325 g/mol. The van der Waals surface area contributed by atoms with Crippen LogP contribution in [0.25, 0.3) is 10.2 Å². The number of rotatable bonds is 4. The Morgan fingerprint density at radius 1 is 1.26 bits per heavy atom. The molecular weight excluding hydrogens is 306 g/mol. The van der Waals surface area contributed by atoms with Crippen molar-refractivity contribution < 1.29 is 4.79 Å². The summed E-state index contributed by atoms with van der Waals surface area (Å²) in [6.45, 7) is 4.10. The van der Waals surface area contributed by atoms with E-state index in [1.807, 2.05) is 44.4 Å². The highest BCUT2D eigenvalue weighted by Gasteiger charge is 2.19. The Balaban J connectivity index is 1.75. The topological polar surface area (TPSA) is 46.1 Å². The molecule has 0 aliphatic rings. The van der Waals surface area contributed by atoms with E-state index in [1.165, 1.54) is 5.56 Å². The molecule has 5 heteroatoms. The van der Waals surface area contributed by atoms with Crippen LogP contribution in [0.15, 0.2) is 42.0 Å². The average Bonchev–Trinajstić information content (AvgIpc) is 3.01. The molecule has 0 radical (unpaired) electrons. The Bertz CT molecular complexity index is 843. The van der Waals surface area contributed by atoms with Crippen LogP contribution in [-0.2, 0) is 6.42 Å². The van der Waals surface area contributed by atoms with E-state index in [2.05, 4.69) is 23.0 Å². The van der Waals surface area contributed by atoms with Crippen LogP contribution < -0.4 is 0 Å². The van der Waals surface area contributed by atoms with Crippen molar-refractivity contribution in [1.29, 1.82) is 0 Å². The minimum atomic E-state index is 0.0282. The molecular formula is C18H19N3OS. The van der Waals surface area contributed by atoms with Crippen LogP contribution in [-0.4, -0.2) is 33.9 Å². The second-order valence-electron chi connectivity index (χ2n) is 5.83. The first-order valence-corrected chi connectivity index (χ1v) is 8.44. The third-order valence-electron chi connectivity index (χ3n) is 4.04. The molecule has 3 aromatic rings. The molecule has 0 fully saturated rings. The highest BCUT2D eigenvalue weighted by molar-refractivity contribution is 7.16. The zero-order valence-electron chi connectivity index (χ0n) is 13.5. The molecule has 0 bridgehead atoms. The number of aromatic nitrogens is 2. The van der Waals surface area contributed by atoms with Crippen molar-refractivity contribution in [2.24, 2.45) is 0 Å². The van der Waals surface area contributed by atoms with Gasteiger partial charge >= 0.3 is 0 Å². The van der Waals surface area contributed by atoms with E-state index in [9.17, 15) is 4.79 Å². The second-order valence-corrected chi connectivity index (χ2v) is 6.71. The first kappa shape index (κ1) is 15.6. The van der Waals surface area contributed by atoms with Crippen molar-refractivity contribution in [3.8, 4) is 0 Å². The van der Waals surface area contributed by atoms with Crippen molar-refractivity contribution in [1.82, 2.24) is 14.9 Å². The molecule has 4 nitrogen and oxygen atoms in total. The number of amides is 1. The van der Waals surface area contributed by atoms with Gasteiger partial charge in [-0.25, -0.2) is 4.98 Å². The van der Waals surface area contributed by atoms with Gasteiger partial charge in [-0.3, -0.25) is 9.78 Å². The number of hydrogen-bond acceptors (Lipinski definition) is 4. The first-order valence-electron chi connectivity index (χ1n) is 7.56. The maximum atomic E-state index is 12.7. The van der Waals surface area contributed by atoms with E-state index < -0.39 is 0 Å². The van der Waals surface area contributed by atoms with Gasteiger partial charge in [0.1, 0.15) is 0 Å². The molecule has 0 spiro atoms. The van der Waals surface area contributed by atoms with Crippen LogP contribution in [0.3, 0.4) is 0 Å². The number of carbonyl (C=O) groups excluding carboxylic acids is 1. The first-order chi connectivity index (χ1) is 11.0. The van der Waals surface area contributed by atoms with E-state index in [0.29, 0.717) is 5.56 Å². The third kappa shape index (κ3) is 3.40. The van der Waals surface area contributed by atoms with Crippen LogP contribution in [0.4, 0.5) is 0 Å². The Morgan fingerprint density at radius 2 is 2.09 bits per heavy atom. The van der Waals surface area contributed by atoms with Crippen molar-refractivity contribution in [3.63, 3.8) is 0 Å². The van der Waals surface area contributed by atoms with Crippen LogP contribution in [0.2, 0.25) is 0 Å². The fourth-order valence-electron chi connectivity index (χ4n) is 2.54. The van der Waals surface area contributed by atoms with Crippen LogP contribution in [0.5, 0.6) is 0 Å². The SMILES string of the molecule is Cc1ccnc(C[C@H](C)N(C)C(=O)c2ccc3ncsc3c2)c1. The van der Waals surface area contributed by atoms with E-state index in [-0.39, 0.29) is 11.9 Å².